The van der Waals surface area contributed by atoms with Crippen molar-refractivity contribution in [2.24, 2.45) is 5.73 Å². The Bertz CT molecular complexity index is 1090. The lowest BCUT2D eigenvalue weighted by atomic mass is 10.0. The van der Waals surface area contributed by atoms with E-state index in [1.165, 1.54) is 57.8 Å². The van der Waals surface area contributed by atoms with Crippen molar-refractivity contribution in [3.05, 3.63) is 72.9 Å². The first-order valence-electron chi connectivity index (χ1n) is 22.3. The molecule has 1 amide bonds. The van der Waals surface area contributed by atoms with Crippen LogP contribution in [-0.2, 0) is 19.1 Å². The molecule has 0 aromatic carbocycles. The first-order chi connectivity index (χ1) is 26.9. The lowest BCUT2D eigenvalue weighted by molar-refractivity contribution is -0.149. The summed E-state index contributed by atoms with van der Waals surface area (Å²) in [6, 6.07) is -0.864. The topological polar surface area (TPSA) is 119 Å². The zero-order chi connectivity index (χ0) is 40.3. The van der Waals surface area contributed by atoms with E-state index >= 15 is 0 Å². The van der Waals surface area contributed by atoms with Crippen LogP contribution in [0.4, 0.5) is 0 Å². The number of carbonyl (C=O) groups is 3. The van der Waals surface area contributed by atoms with Crippen LogP contribution in [0.2, 0.25) is 0 Å². The van der Waals surface area contributed by atoms with Crippen LogP contribution in [0.3, 0.4) is 0 Å². The van der Waals surface area contributed by atoms with Gasteiger partial charge in [-0.05, 0) is 96.4 Å². The molecule has 0 heterocycles. The van der Waals surface area contributed by atoms with Gasteiger partial charge in [-0.25, -0.2) is 4.79 Å². The Balaban J connectivity index is 4.41. The lowest BCUT2D eigenvalue weighted by Gasteiger charge is -2.18. The summed E-state index contributed by atoms with van der Waals surface area (Å²) in [5, 5.41) is 11.9. The molecular weight excluding hydrogens is 685 g/mol. The van der Waals surface area contributed by atoms with Gasteiger partial charge in [-0.1, -0.05) is 164 Å². The maximum atomic E-state index is 12.8. The van der Waals surface area contributed by atoms with Crippen LogP contribution in [0.25, 0.3) is 0 Å². The molecule has 314 valence electrons. The smallest absolute Gasteiger partial charge is 0.326 e. The van der Waals surface area contributed by atoms with Crippen LogP contribution in [-0.4, -0.2) is 41.6 Å². The maximum absolute atomic E-state index is 12.8. The fraction of sp³-hybridized carbons (Fsp3) is 0.688. The molecule has 0 aliphatic carbocycles. The molecule has 0 aromatic heterocycles. The molecule has 2 unspecified atom stereocenters. The Labute approximate surface area is 337 Å². The molecule has 0 aromatic rings. The number of nitrogens with two attached hydrogens (primary N) is 1. The van der Waals surface area contributed by atoms with Crippen molar-refractivity contribution in [3.63, 3.8) is 0 Å². The van der Waals surface area contributed by atoms with Crippen LogP contribution in [0.15, 0.2) is 72.9 Å². The largest absolute Gasteiger partial charge is 0.480 e. The minimum Gasteiger partial charge on any atom is -0.480 e. The highest BCUT2D eigenvalue weighted by molar-refractivity contribution is 5.83. The average Bonchev–Trinajstić information content (AvgIpc) is 3.17. The van der Waals surface area contributed by atoms with Crippen LogP contribution in [0, 0.1) is 0 Å². The van der Waals surface area contributed by atoms with E-state index in [1.54, 1.807) is 0 Å². The Hall–Kier alpha value is -3.19. The van der Waals surface area contributed by atoms with E-state index in [0.29, 0.717) is 38.6 Å². The number of allylic oxidation sites excluding steroid dienone is 12. The number of rotatable bonds is 39. The normalized spacial score (nSPS) is 13.4. The lowest BCUT2D eigenvalue weighted by Crippen LogP contribution is -2.40. The summed E-state index contributed by atoms with van der Waals surface area (Å²) in [4.78, 5) is 36.3. The van der Waals surface area contributed by atoms with Gasteiger partial charge in [0, 0.05) is 12.8 Å². The summed E-state index contributed by atoms with van der Waals surface area (Å²) in [7, 11) is 0. The molecule has 55 heavy (non-hydrogen) atoms. The molecule has 0 rings (SSSR count). The van der Waals surface area contributed by atoms with E-state index < -0.39 is 12.0 Å². The predicted octanol–water partition coefficient (Wildman–Crippen LogP) is 12.7. The van der Waals surface area contributed by atoms with Crippen LogP contribution in [0.1, 0.15) is 194 Å². The Morgan fingerprint density at radius 2 is 0.982 bits per heavy atom. The second kappa shape index (κ2) is 42.0. The summed E-state index contributed by atoms with van der Waals surface area (Å²) in [5.74, 6) is -1.32. The average molecular weight is 767 g/mol. The number of unbranched alkanes of at least 4 members (excludes halogenated alkanes) is 13. The molecule has 0 bridgehead atoms. The minimum absolute atomic E-state index is 0.0286. The van der Waals surface area contributed by atoms with Crippen molar-refractivity contribution in [3.8, 4) is 0 Å². The van der Waals surface area contributed by atoms with Gasteiger partial charge in [0.1, 0.15) is 12.1 Å². The van der Waals surface area contributed by atoms with Crippen molar-refractivity contribution in [1.82, 2.24) is 5.32 Å². The number of hydrogen-bond acceptors (Lipinski definition) is 5. The molecule has 0 aliphatic heterocycles. The van der Waals surface area contributed by atoms with E-state index in [4.69, 9.17) is 10.5 Å². The van der Waals surface area contributed by atoms with Crippen molar-refractivity contribution in [2.75, 3.05) is 6.54 Å². The Morgan fingerprint density at radius 3 is 1.44 bits per heavy atom. The molecular formula is C48H82N2O5. The van der Waals surface area contributed by atoms with E-state index in [2.05, 4.69) is 92.1 Å². The fourth-order valence-electron chi connectivity index (χ4n) is 6.24. The van der Waals surface area contributed by atoms with Crippen LogP contribution >= 0.6 is 0 Å². The minimum atomic E-state index is -1.01. The van der Waals surface area contributed by atoms with Crippen molar-refractivity contribution >= 4 is 17.8 Å². The summed E-state index contributed by atoms with van der Waals surface area (Å²) >= 11 is 0. The monoisotopic (exact) mass is 767 g/mol. The van der Waals surface area contributed by atoms with Gasteiger partial charge in [0.15, 0.2) is 0 Å². The number of nitrogens with one attached hydrogen (secondary N) is 1. The van der Waals surface area contributed by atoms with Gasteiger partial charge in [0.05, 0.1) is 0 Å². The van der Waals surface area contributed by atoms with E-state index in [-0.39, 0.29) is 18.0 Å². The SMILES string of the molecule is CC/C=C\C/C=C\C/C=C\C/C=C\C/C=C\C/C=C\CCC(=O)OC(CCCCCCCCCCCC)CCCCCCCC(=O)NC(CCCN)C(=O)O. The maximum Gasteiger partial charge on any atom is 0.326 e. The van der Waals surface area contributed by atoms with Gasteiger partial charge in [-0.2, -0.15) is 0 Å². The highest BCUT2D eigenvalue weighted by Crippen LogP contribution is 2.18. The predicted molar refractivity (Wildman–Crippen MR) is 234 cm³/mol. The fourth-order valence-corrected chi connectivity index (χ4v) is 6.24. The van der Waals surface area contributed by atoms with Crippen molar-refractivity contribution in [2.45, 2.75) is 206 Å². The number of esters is 1. The number of carboxylic acid groups (broad SMARTS) is 1. The third-order valence-electron chi connectivity index (χ3n) is 9.55. The number of amides is 1. The zero-order valence-corrected chi connectivity index (χ0v) is 35.2. The van der Waals surface area contributed by atoms with Crippen molar-refractivity contribution < 1.29 is 24.2 Å². The summed E-state index contributed by atoms with van der Waals surface area (Å²) in [6.45, 7) is 4.82. The van der Waals surface area contributed by atoms with Gasteiger partial charge in [0.2, 0.25) is 5.91 Å². The van der Waals surface area contributed by atoms with E-state index in [9.17, 15) is 19.5 Å². The van der Waals surface area contributed by atoms with Gasteiger partial charge in [-0.15, -0.1) is 0 Å². The molecule has 0 radical (unpaired) electrons. The van der Waals surface area contributed by atoms with Gasteiger partial charge >= 0.3 is 11.9 Å². The molecule has 0 spiro atoms. The second-order valence-electron chi connectivity index (χ2n) is 14.7. The number of aliphatic carboxylic acids is 1. The standard InChI is InChI=1S/C48H82N2O5/c1-3-5-7-9-11-13-15-16-17-18-19-20-21-22-23-25-27-32-36-42-47(52)55-44(38-33-29-26-24-14-12-10-8-6-4-2)39-34-30-28-31-35-41-46(51)50-45(48(53)54)40-37-43-49/h5,7,11,13,16-17,19-20,22-23,27,32,44-45H,3-4,6,8-10,12,14-15,18,21,24-26,28-31,33-43,49H2,1-2H3,(H,50,51)(H,53,54)/b7-5-,13-11-,17-16-,20-19-,23-22-,32-27-. The van der Waals surface area contributed by atoms with Gasteiger partial charge < -0.3 is 20.9 Å². The first-order valence-corrected chi connectivity index (χ1v) is 22.3. The molecule has 0 aliphatic rings. The van der Waals surface area contributed by atoms with E-state index in [1.807, 2.05) is 0 Å². The first kappa shape index (κ1) is 51.8. The van der Waals surface area contributed by atoms with Crippen molar-refractivity contribution in [1.29, 1.82) is 0 Å². The molecule has 2 atom stereocenters. The molecule has 7 nitrogen and oxygen atoms in total. The van der Waals surface area contributed by atoms with Crippen LogP contribution in [0.5, 0.6) is 0 Å². The Kier molecular flexibility index (Phi) is 39.5. The number of carboxylic acids is 1. The molecule has 0 saturated heterocycles. The quantitative estimate of drug-likeness (QED) is 0.0326. The highest BCUT2D eigenvalue weighted by atomic mass is 16.5. The number of carbonyl (C=O) groups excluding carboxylic acids is 2. The molecule has 0 fully saturated rings. The molecule has 0 saturated carbocycles. The molecule has 7 heteroatoms. The Morgan fingerprint density at radius 1 is 0.545 bits per heavy atom. The highest BCUT2D eigenvalue weighted by Gasteiger charge is 2.19. The zero-order valence-electron chi connectivity index (χ0n) is 35.2. The summed E-state index contributed by atoms with van der Waals surface area (Å²) < 4.78 is 6.00. The third-order valence-corrected chi connectivity index (χ3v) is 9.55. The van der Waals surface area contributed by atoms with E-state index in [0.717, 1.165) is 89.9 Å². The third kappa shape index (κ3) is 38.9. The summed E-state index contributed by atoms with van der Waals surface area (Å²) in [6.07, 6.45) is 53.8. The number of ether oxygens (including phenoxy) is 1. The summed E-state index contributed by atoms with van der Waals surface area (Å²) in [5.41, 5.74) is 5.48. The second-order valence-corrected chi connectivity index (χ2v) is 14.7. The molecule has 4 N–H and O–H groups in total. The van der Waals surface area contributed by atoms with Gasteiger partial charge in [-0.3, -0.25) is 9.59 Å². The number of hydrogen-bond donors (Lipinski definition) is 3. The van der Waals surface area contributed by atoms with Crippen LogP contribution < -0.4 is 11.1 Å². The van der Waals surface area contributed by atoms with Gasteiger partial charge in [0.25, 0.3) is 0 Å².